The largest absolute Gasteiger partial charge is 0.335 e. The van der Waals surface area contributed by atoms with Gasteiger partial charge < -0.3 is 4.90 Å². The van der Waals surface area contributed by atoms with Gasteiger partial charge in [0.2, 0.25) is 5.91 Å². The van der Waals surface area contributed by atoms with Crippen molar-refractivity contribution in [2.24, 2.45) is 5.92 Å². The SMILES string of the molecule is CC(=O)c1ccc(SCC(=O)N(Cc2ccccc2)C(C)C2CC2)c(F)c1. The summed E-state index contributed by atoms with van der Waals surface area (Å²) >= 11 is 1.19. The first-order valence-corrected chi connectivity index (χ1v) is 10.2. The van der Waals surface area contributed by atoms with Crippen molar-refractivity contribution in [3.05, 3.63) is 65.5 Å². The maximum atomic E-state index is 14.2. The van der Waals surface area contributed by atoms with Crippen molar-refractivity contribution >= 4 is 23.5 Å². The molecule has 1 aliphatic carbocycles. The predicted octanol–water partition coefficient (Wildman–Crippen LogP) is 4.95. The van der Waals surface area contributed by atoms with E-state index in [9.17, 15) is 14.0 Å². The molecule has 0 spiro atoms. The van der Waals surface area contributed by atoms with E-state index in [2.05, 4.69) is 6.92 Å². The van der Waals surface area contributed by atoms with E-state index in [-0.39, 0.29) is 23.5 Å². The van der Waals surface area contributed by atoms with Crippen LogP contribution in [0.3, 0.4) is 0 Å². The molecule has 0 bridgehead atoms. The minimum Gasteiger partial charge on any atom is -0.335 e. The number of thioether (sulfide) groups is 1. The Labute approximate surface area is 164 Å². The highest BCUT2D eigenvalue weighted by Crippen LogP contribution is 2.36. The van der Waals surface area contributed by atoms with Crippen LogP contribution in [0.15, 0.2) is 53.4 Å². The monoisotopic (exact) mass is 385 g/mol. The van der Waals surface area contributed by atoms with E-state index < -0.39 is 5.82 Å². The second-order valence-corrected chi connectivity index (χ2v) is 8.09. The summed E-state index contributed by atoms with van der Waals surface area (Å²) in [5, 5.41) is 0. The van der Waals surface area contributed by atoms with E-state index in [1.165, 1.54) is 24.8 Å². The molecule has 1 atom stereocenters. The van der Waals surface area contributed by atoms with E-state index >= 15 is 0 Å². The maximum Gasteiger partial charge on any atom is 0.233 e. The second-order valence-electron chi connectivity index (χ2n) is 7.08. The summed E-state index contributed by atoms with van der Waals surface area (Å²) in [6.45, 7) is 4.08. The molecule has 2 aromatic rings. The zero-order valence-corrected chi connectivity index (χ0v) is 16.5. The predicted molar refractivity (Wildman–Crippen MR) is 106 cm³/mol. The highest BCUT2D eigenvalue weighted by molar-refractivity contribution is 8.00. The van der Waals surface area contributed by atoms with E-state index in [1.54, 1.807) is 12.1 Å². The first-order chi connectivity index (χ1) is 13.0. The van der Waals surface area contributed by atoms with Gasteiger partial charge in [0.1, 0.15) is 5.82 Å². The van der Waals surface area contributed by atoms with Gasteiger partial charge in [-0.25, -0.2) is 4.39 Å². The number of carbonyl (C=O) groups is 2. The van der Waals surface area contributed by atoms with Gasteiger partial charge in [-0.05, 0) is 50.3 Å². The van der Waals surface area contributed by atoms with Gasteiger partial charge in [-0.15, -0.1) is 11.8 Å². The Morgan fingerprint density at radius 1 is 1.19 bits per heavy atom. The number of benzene rings is 2. The fourth-order valence-electron chi connectivity index (χ4n) is 3.13. The van der Waals surface area contributed by atoms with E-state index in [0.717, 1.165) is 18.4 Å². The van der Waals surface area contributed by atoms with Gasteiger partial charge >= 0.3 is 0 Å². The number of amides is 1. The van der Waals surface area contributed by atoms with Crippen molar-refractivity contribution < 1.29 is 14.0 Å². The number of halogens is 1. The summed E-state index contributed by atoms with van der Waals surface area (Å²) in [5.41, 5.74) is 1.44. The summed E-state index contributed by atoms with van der Waals surface area (Å²) in [5.74, 6) is 0.131. The lowest BCUT2D eigenvalue weighted by Gasteiger charge is -2.29. The van der Waals surface area contributed by atoms with E-state index in [1.807, 2.05) is 35.2 Å². The number of hydrogen-bond donors (Lipinski definition) is 0. The molecule has 0 heterocycles. The van der Waals surface area contributed by atoms with Crippen molar-refractivity contribution in [3.8, 4) is 0 Å². The standard InChI is InChI=1S/C22H24FNO2S/c1-15(18-8-9-18)24(13-17-6-4-3-5-7-17)22(26)14-27-21-11-10-19(16(2)25)12-20(21)23/h3-7,10-12,15,18H,8-9,13-14H2,1-2H3. The quantitative estimate of drug-likeness (QED) is 0.477. The zero-order valence-electron chi connectivity index (χ0n) is 15.7. The molecular formula is C22H24FNO2S. The normalized spacial score (nSPS) is 14.6. The Morgan fingerprint density at radius 2 is 1.89 bits per heavy atom. The van der Waals surface area contributed by atoms with E-state index in [4.69, 9.17) is 0 Å². The summed E-state index contributed by atoms with van der Waals surface area (Å²) in [4.78, 5) is 26.6. The smallest absolute Gasteiger partial charge is 0.233 e. The molecule has 5 heteroatoms. The Morgan fingerprint density at radius 3 is 2.48 bits per heavy atom. The molecule has 0 saturated heterocycles. The minimum atomic E-state index is -0.453. The molecular weight excluding hydrogens is 361 g/mol. The van der Waals surface area contributed by atoms with Gasteiger partial charge in [0, 0.05) is 23.0 Å². The first-order valence-electron chi connectivity index (χ1n) is 9.22. The minimum absolute atomic E-state index is 0.0123. The summed E-state index contributed by atoms with van der Waals surface area (Å²) < 4.78 is 14.2. The third-order valence-electron chi connectivity index (χ3n) is 5.00. The second kappa shape index (κ2) is 8.70. The Hall–Kier alpha value is -2.14. The average molecular weight is 386 g/mol. The van der Waals surface area contributed by atoms with Crippen LogP contribution in [0.5, 0.6) is 0 Å². The number of hydrogen-bond acceptors (Lipinski definition) is 3. The summed E-state index contributed by atoms with van der Waals surface area (Å²) in [6.07, 6.45) is 2.32. The van der Waals surface area contributed by atoms with Crippen molar-refractivity contribution in [1.29, 1.82) is 0 Å². The summed E-state index contributed by atoms with van der Waals surface area (Å²) in [7, 11) is 0. The molecule has 142 valence electrons. The third-order valence-corrected chi connectivity index (χ3v) is 6.03. The van der Waals surface area contributed by atoms with Crippen molar-refractivity contribution in [3.63, 3.8) is 0 Å². The molecule has 1 aliphatic rings. The molecule has 27 heavy (non-hydrogen) atoms. The van der Waals surface area contributed by atoms with Gasteiger partial charge in [0.15, 0.2) is 5.78 Å². The van der Waals surface area contributed by atoms with Crippen LogP contribution in [0.4, 0.5) is 4.39 Å². The van der Waals surface area contributed by atoms with Crippen LogP contribution < -0.4 is 0 Å². The first kappa shape index (κ1) is 19.6. The molecule has 1 saturated carbocycles. The van der Waals surface area contributed by atoms with Crippen LogP contribution in [-0.2, 0) is 11.3 Å². The van der Waals surface area contributed by atoms with Crippen molar-refractivity contribution in [2.45, 2.75) is 44.2 Å². The van der Waals surface area contributed by atoms with Gasteiger partial charge in [-0.2, -0.15) is 0 Å². The number of nitrogens with zero attached hydrogens (tertiary/aromatic N) is 1. The molecule has 0 N–H and O–H groups in total. The van der Waals surface area contributed by atoms with Gasteiger partial charge in [-0.3, -0.25) is 9.59 Å². The van der Waals surface area contributed by atoms with Crippen molar-refractivity contribution in [1.82, 2.24) is 4.90 Å². The van der Waals surface area contributed by atoms with Crippen LogP contribution in [0.2, 0.25) is 0 Å². The topological polar surface area (TPSA) is 37.4 Å². The maximum absolute atomic E-state index is 14.2. The zero-order chi connectivity index (χ0) is 19.4. The highest BCUT2D eigenvalue weighted by Gasteiger charge is 2.34. The fourth-order valence-corrected chi connectivity index (χ4v) is 3.94. The van der Waals surface area contributed by atoms with Crippen LogP contribution in [0, 0.1) is 11.7 Å². The lowest BCUT2D eigenvalue weighted by molar-refractivity contribution is -0.131. The molecule has 1 unspecified atom stereocenters. The van der Waals surface area contributed by atoms with Gasteiger partial charge in [0.05, 0.1) is 5.75 Å². The Kier molecular flexibility index (Phi) is 6.32. The summed E-state index contributed by atoms with van der Waals surface area (Å²) in [6, 6.07) is 14.6. The van der Waals surface area contributed by atoms with Crippen LogP contribution in [0.25, 0.3) is 0 Å². The lowest BCUT2D eigenvalue weighted by Crippen LogP contribution is -2.40. The Bertz CT molecular complexity index is 820. The van der Waals surface area contributed by atoms with Crippen LogP contribution >= 0.6 is 11.8 Å². The average Bonchev–Trinajstić information content (AvgIpc) is 3.50. The number of rotatable bonds is 8. The Balaban J connectivity index is 1.68. The fraction of sp³-hybridized carbons (Fsp3) is 0.364. The molecule has 3 rings (SSSR count). The van der Waals surface area contributed by atoms with Crippen LogP contribution in [0.1, 0.15) is 42.6 Å². The lowest BCUT2D eigenvalue weighted by atomic mass is 10.1. The highest BCUT2D eigenvalue weighted by atomic mass is 32.2. The van der Waals surface area contributed by atoms with Gasteiger partial charge in [0.25, 0.3) is 0 Å². The molecule has 0 aliphatic heterocycles. The molecule has 1 fully saturated rings. The third kappa shape index (κ3) is 5.19. The van der Waals surface area contributed by atoms with Crippen molar-refractivity contribution in [2.75, 3.05) is 5.75 Å². The van der Waals surface area contributed by atoms with E-state index in [0.29, 0.717) is 22.9 Å². The number of ketones is 1. The van der Waals surface area contributed by atoms with Gasteiger partial charge in [-0.1, -0.05) is 36.4 Å². The molecule has 3 nitrogen and oxygen atoms in total. The molecule has 0 aromatic heterocycles. The molecule has 0 radical (unpaired) electrons. The number of carbonyl (C=O) groups excluding carboxylic acids is 2. The molecule has 2 aromatic carbocycles. The number of Topliss-reactive ketones (excluding diaryl/α,β-unsaturated/α-hetero) is 1. The molecule has 1 amide bonds. The van der Waals surface area contributed by atoms with Crippen LogP contribution in [-0.4, -0.2) is 28.4 Å².